The van der Waals surface area contributed by atoms with E-state index >= 15 is 0 Å². The molecule has 0 saturated carbocycles. The number of fused-ring (bicyclic) bond motifs is 4. The molecule has 2 N–H and O–H groups in total. The number of aliphatic hydroxyl groups is 1. The Balaban J connectivity index is 1.15. The summed E-state index contributed by atoms with van der Waals surface area (Å²) in [4.78, 5) is 32.9. The lowest BCUT2D eigenvalue weighted by atomic mass is 9.73. The molecule has 0 spiro atoms. The van der Waals surface area contributed by atoms with Crippen LogP contribution in [0.5, 0.6) is 5.75 Å². The number of halogens is 1. The summed E-state index contributed by atoms with van der Waals surface area (Å²) in [6.07, 6.45) is 6.80. The molecule has 46 heavy (non-hydrogen) atoms. The molecule has 0 amide bonds. The van der Waals surface area contributed by atoms with Crippen molar-refractivity contribution in [1.29, 1.82) is 0 Å². The van der Waals surface area contributed by atoms with E-state index in [0.717, 1.165) is 58.9 Å². The van der Waals surface area contributed by atoms with Gasteiger partial charge in [0.1, 0.15) is 23.8 Å². The van der Waals surface area contributed by atoms with Crippen molar-refractivity contribution in [3.63, 3.8) is 0 Å². The molecule has 14 heteroatoms. The van der Waals surface area contributed by atoms with Gasteiger partial charge in [0.15, 0.2) is 0 Å². The summed E-state index contributed by atoms with van der Waals surface area (Å²) in [7, 11) is 1.64. The predicted octanol–water partition coefficient (Wildman–Crippen LogP) is 2.50. The zero-order valence-electron chi connectivity index (χ0n) is 25.4. The zero-order valence-corrected chi connectivity index (χ0v) is 25.4. The summed E-state index contributed by atoms with van der Waals surface area (Å²) < 4.78 is 34.7. The molecular weight excluding hydrogens is 597 g/mol. The normalized spacial score (nSPS) is 28.0. The second-order valence-corrected chi connectivity index (χ2v) is 12.2. The van der Waals surface area contributed by atoms with Gasteiger partial charge in [-0.15, -0.1) is 11.7 Å². The molecule has 4 saturated heterocycles. The summed E-state index contributed by atoms with van der Waals surface area (Å²) in [5.74, 6) is 0.629. The Morgan fingerprint density at radius 2 is 2.13 bits per heavy atom. The largest absolute Gasteiger partial charge is 0.497 e. The molecule has 7 heterocycles. The number of aliphatic hydroxyl groups excluding tert-OH is 1. The number of nitrogens with one attached hydrogen (secondary N) is 1. The fraction of sp³-hybridized carbons (Fsp3) is 0.469. The molecule has 4 aliphatic rings. The van der Waals surface area contributed by atoms with Crippen molar-refractivity contribution in [3.05, 3.63) is 93.4 Å². The Hall–Kier alpha value is -4.24. The van der Waals surface area contributed by atoms with Crippen molar-refractivity contribution < 1.29 is 23.7 Å². The lowest BCUT2D eigenvalue weighted by Gasteiger charge is -2.51. The second-order valence-electron chi connectivity index (χ2n) is 12.2. The molecule has 4 aliphatic heterocycles. The average molecular weight is 634 g/mol. The van der Waals surface area contributed by atoms with Gasteiger partial charge in [-0.05, 0) is 61.1 Å². The summed E-state index contributed by atoms with van der Waals surface area (Å²) in [6, 6.07) is 7.50. The predicted molar refractivity (Wildman–Crippen MR) is 164 cm³/mol. The van der Waals surface area contributed by atoms with Crippen molar-refractivity contribution in [2.75, 3.05) is 26.8 Å². The van der Waals surface area contributed by atoms with Crippen LogP contribution in [-0.2, 0) is 16.1 Å². The van der Waals surface area contributed by atoms with Crippen LogP contribution in [0.25, 0.3) is 10.9 Å². The van der Waals surface area contributed by atoms with Crippen LogP contribution in [0.15, 0.2) is 65.1 Å². The molecule has 4 fully saturated rings. The molecular formula is C32H36FN7O6. The highest BCUT2D eigenvalue weighted by molar-refractivity contribution is 5.84. The van der Waals surface area contributed by atoms with Crippen LogP contribution >= 0.6 is 0 Å². The minimum Gasteiger partial charge on any atom is -0.497 e. The number of methoxy groups -OCH3 is 1. The van der Waals surface area contributed by atoms with E-state index in [9.17, 15) is 19.1 Å². The maximum absolute atomic E-state index is 14.0. The Labute approximate surface area is 263 Å². The van der Waals surface area contributed by atoms with Crippen LogP contribution < -0.4 is 16.0 Å². The standard InChI is InChI=1S/C32H36FN7O6/c1-3-18-13-38-9-7-19(18)10-27(38)30(22-6-8-34-25-5-4-21(44-2)11-23(22)25)45-17-20-14-40(37-36-20)26-12-29(46-28(26)16-41)39-15-24(33)31(42)35-32(39)43/h3-6,8,11,14-15,18-19,26-30,41H,1,7,9-10,12-13,16-17H2,2H3,(H,35,42,43)/t18?,19?,26?,27-,28?,29?,30+/m0/s1. The van der Waals surface area contributed by atoms with Gasteiger partial charge in [0.05, 0.1) is 50.4 Å². The van der Waals surface area contributed by atoms with Crippen LogP contribution in [0.2, 0.25) is 0 Å². The van der Waals surface area contributed by atoms with E-state index in [1.165, 1.54) is 0 Å². The fourth-order valence-electron chi connectivity index (χ4n) is 7.34. The van der Waals surface area contributed by atoms with Crippen molar-refractivity contribution in [2.45, 2.75) is 56.4 Å². The highest BCUT2D eigenvalue weighted by Gasteiger charge is 2.44. The van der Waals surface area contributed by atoms with Crippen LogP contribution in [0.3, 0.4) is 0 Å². The number of H-pyrrole nitrogens is 1. The smallest absolute Gasteiger partial charge is 0.330 e. The van der Waals surface area contributed by atoms with Crippen LogP contribution in [0.4, 0.5) is 4.39 Å². The number of pyridine rings is 1. The Bertz CT molecular complexity index is 1860. The number of piperidine rings is 3. The number of hydrogen-bond acceptors (Lipinski definition) is 10. The molecule has 242 valence electrons. The van der Waals surface area contributed by atoms with Crippen LogP contribution in [-0.4, -0.2) is 78.5 Å². The van der Waals surface area contributed by atoms with Crippen molar-refractivity contribution in [1.82, 2.24) is 34.4 Å². The number of ether oxygens (including phenoxy) is 3. The van der Waals surface area contributed by atoms with Crippen LogP contribution in [0.1, 0.15) is 48.9 Å². The monoisotopic (exact) mass is 633 g/mol. The molecule has 0 radical (unpaired) electrons. The first-order chi connectivity index (χ1) is 22.4. The Kier molecular flexibility index (Phi) is 8.27. The van der Waals surface area contributed by atoms with Gasteiger partial charge in [-0.2, -0.15) is 4.39 Å². The number of aromatic nitrogens is 6. The third kappa shape index (κ3) is 5.55. The van der Waals surface area contributed by atoms with E-state index in [1.807, 2.05) is 35.4 Å². The van der Waals surface area contributed by atoms with Gasteiger partial charge in [0, 0.05) is 30.6 Å². The summed E-state index contributed by atoms with van der Waals surface area (Å²) in [5.41, 5.74) is 0.541. The van der Waals surface area contributed by atoms with E-state index in [4.69, 9.17) is 14.2 Å². The lowest BCUT2D eigenvalue weighted by molar-refractivity contribution is -0.0809. The van der Waals surface area contributed by atoms with E-state index in [0.29, 0.717) is 17.5 Å². The fourth-order valence-corrected chi connectivity index (χ4v) is 7.34. The van der Waals surface area contributed by atoms with Crippen molar-refractivity contribution in [3.8, 4) is 5.75 Å². The second kappa shape index (κ2) is 12.5. The molecule has 8 atom stereocenters. The van der Waals surface area contributed by atoms with Gasteiger partial charge in [-0.3, -0.25) is 24.2 Å². The maximum atomic E-state index is 14.0. The van der Waals surface area contributed by atoms with E-state index in [2.05, 4.69) is 32.9 Å². The molecule has 4 aromatic rings. The van der Waals surface area contributed by atoms with Gasteiger partial charge in [0.25, 0.3) is 5.56 Å². The minimum absolute atomic E-state index is 0.139. The number of benzene rings is 1. The van der Waals surface area contributed by atoms with Gasteiger partial charge in [0.2, 0.25) is 5.82 Å². The maximum Gasteiger partial charge on any atom is 0.330 e. The molecule has 1 aromatic carbocycles. The van der Waals surface area contributed by atoms with Crippen LogP contribution in [0, 0.1) is 17.7 Å². The van der Waals surface area contributed by atoms with E-state index in [1.54, 1.807) is 18.0 Å². The van der Waals surface area contributed by atoms with E-state index < -0.39 is 35.4 Å². The Morgan fingerprint density at radius 3 is 2.89 bits per heavy atom. The quantitative estimate of drug-likeness (QED) is 0.250. The summed E-state index contributed by atoms with van der Waals surface area (Å²) in [6.45, 7) is 5.82. The first-order valence-electron chi connectivity index (χ1n) is 15.5. The molecule has 13 nitrogen and oxygen atoms in total. The number of aromatic amines is 1. The third-order valence-corrected chi connectivity index (χ3v) is 9.72. The molecule has 8 rings (SSSR count). The molecule has 6 unspecified atom stereocenters. The topological polar surface area (TPSA) is 150 Å². The van der Waals surface area contributed by atoms with E-state index in [-0.39, 0.29) is 31.8 Å². The summed E-state index contributed by atoms with van der Waals surface area (Å²) >= 11 is 0. The average Bonchev–Trinajstić information content (AvgIpc) is 3.74. The molecule has 0 aliphatic carbocycles. The van der Waals surface area contributed by atoms with Gasteiger partial charge < -0.3 is 19.3 Å². The molecule has 3 aromatic heterocycles. The third-order valence-electron chi connectivity index (χ3n) is 9.72. The summed E-state index contributed by atoms with van der Waals surface area (Å²) in [5, 5.41) is 19.7. The Morgan fingerprint density at radius 1 is 1.26 bits per heavy atom. The minimum atomic E-state index is -1.11. The van der Waals surface area contributed by atoms with Gasteiger partial charge >= 0.3 is 5.69 Å². The van der Waals surface area contributed by atoms with Gasteiger partial charge in [-0.1, -0.05) is 11.3 Å². The SMILES string of the molecule is C=CC1CN2CCC1C[C@H]2[C@H](OCc1cn(C2CC(n3cc(F)c(=O)[nH]c3=O)OC2CO)nn1)c1ccnc2ccc(OC)cc12. The molecule has 2 bridgehead atoms. The first-order valence-corrected chi connectivity index (χ1v) is 15.5. The number of nitrogens with zero attached hydrogens (tertiary/aromatic N) is 6. The lowest BCUT2D eigenvalue weighted by Crippen LogP contribution is -2.55. The van der Waals surface area contributed by atoms with Gasteiger partial charge in [-0.25, -0.2) is 9.48 Å². The highest BCUT2D eigenvalue weighted by Crippen LogP contribution is 2.44. The first kappa shape index (κ1) is 30.4. The highest BCUT2D eigenvalue weighted by atomic mass is 19.1. The van der Waals surface area contributed by atoms with Crippen molar-refractivity contribution in [2.24, 2.45) is 11.8 Å². The number of hydrogen-bond donors (Lipinski definition) is 2. The number of rotatable bonds is 10. The zero-order chi connectivity index (χ0) is 31.9. The van der Waals surface area contributed by atoms with Crippen molar-refractivity contribution >= 4 is 10.9 Å².